The lowest BCUT2D eigenvalue weighted by atomic mass is 9.98. The molecular formula is C24H24N4O6. The molecule has 0 bridgehead atoms. The van der Waals surface area contributed by atoms with E-state index in [1.54, 1.807) is 7.05 Å². The fourth-order valence-electron chi connectivity index (χ4n) is 3.90. The summed E-state index contributed by atoms with van der Waals surface area (Å²) in [6.07, 6.45) is 0.660. The Morgan fingerprint density at radius 3 is 2.26 bits per heavy atom. The largest absolute Gasteiger partial charge is 0.479 e. The highest BCUT2D eigenvalue weighted by Gasteiger charge is 2.32. The lowest BCUT2D eigenvalue weighted by molar-refractivity contribution is -0.155. The minimum Gasteiger partial charge on any atom is -0.479 e. The van der Waals surface area contributed by atoms with Crippen molar-refractivity contribution in [1.29, 1.82) is 0 Å². The molecule has 1 atom stereocenters. The Balaban J connectivity index is 1.43. The number of carboxylic acids is 1. The number of hydrogen-bond acceptors (Lipinski definition) is 6. The fraction of sp³-hybridized carbons (Fsp3) is 0.250. The molecule has 1 aliphatic rings. The first-order chi connectivity index (χ1) is 16.2. The molecular weight excluding hydrogens is 440 g/mol. The lowest BCUT2D eigenvalue weighted by Crippen LogP contribution is -2.46. The van der Waals surface area contributed by atoms with E-state index >= 15 is 0 Å². The average molecular weight is 464 g/mol. The van der Waals surface area contributed by atoms with E-state index in [0.29, 0.717) is 0 Å². The number of anilines is 1. The first-order valence-electron chi connectivity index (χ1n) is 10.6. The molecule has 0 aliphatic heterocycles. The van der Waals surface area contributed by atoms with Crippen LogP contribution in [0.5, 0.6) is 0 Å². The zero-order valence-corrected chi connectivity index (χ0v) is 18.6. The van der Waals surface area contributed by atoms with Gasteiger partial charge in [-0.3, -0.25) is 14.8 Å². The maximum absolute atomic E-state index is 12.6. The topological polar surface area (TPSA) is 143 Å². The van der Waals surface area contributed by atoms with Crippen LogP contribution >= 0.6 is 0 Å². The second-order valence-electron chi connectivity index (χ2n) is 8.28. The van der Waals surface area contributed by atoms with Gasteiger partial charge in [0.25, 0.3) is 5.91 Å². The van der Waals surface area contributed by atoms with E-state index < -0.39 is 30.1 Å². The van der Waals surface area contributed by atoms with Crippen LogP contribution in [-0.2, 0) is 16.6 Å². The van der Waals surface area contributed by atoms with Gasteiger partial charge in [0, 0.05) is 19.2 Å². The number of nitrogens with zero attached hydrogens (tertiary/aromatic N) is 2. The summed E-state index contributed by atoms with van der Waals surface area (Å²) >= 11 is 0. The molecule has 176 valence electrons. The number of hydrogen-bond donors (Lipinski definition) is 4. The van der Waals surface area contributed by atoms with E-state index in [1.807, 2.05) is 48.5 Å². The van der Waals surface area contributed by atoms with Crippen LogP contribution in [0.1, 0.15) is 34.5 Å². The van der Waals surface area contributed by atoms with Gasteiger partial charge in [0.15, 0.2) is 11.3 Å². The minimum absolute atomic E-state index is 0.0900. The Bertz CT molecular complexity index is 1220. The molecule has 4 N–H and O–H groups in total. The van der Waals surface area contributed by atoms with Crippen LogP contribution in [0.25, 0.3) is 11.1 Å². The third-order valence-electron chi connectivity index (χ3n) is 5.68. The molecule has 10 nitrogen and oxygen atoms in total. The standard InChI is InChI=1S/C24H24N4O6/c1-24(33,22(30)31)13-25-21(29)20-19(11-28(2)27-20)26-23(32)34-12-18-16-9-5-3-7-14(16)15-8-4-6-10-17(15)18/h3-11,18,33H,12-13H2,1-2H3,(H,25,29)(H,26,32)(H,30,31). The quantitative estimate of drug-likeness (QED) is 0.420. The molecule has 0 spiro atoms. The maximum Gasteiger partial charge on any atom is 0.411 e. The van der Waals surface area contributed by atoms with Gasteiger partial charge in [0.1, 0.15) is 6.61 Å². The molecule has 0 saturated carbocycles. The highest BCUT2D eigenvalue weighted by atomic mass is 16.5. The second-order valence-corrected chi connectivity index (χ2v) is 8.28. The highest BCUT2D eigenvalue weighted by molar-refractivity contribution is 6.01. The van der Waals surface area contributed by atoms with Gasteiger partial charge in [-0.05, 0) is 29.2 Å². The Hall–Kier alpha value is -4.18. The lowest BCUT2D eigenvalue weighted by Gasteiger charge is -2.18. The van der Waals surface area contributed by atoms with Gasteiger partial charge in [-0.2, -0.15) is 5.10 Å². The summed E-state index contributed by atoms with van der Waals surface area (Å²) < 4.78 is 6.82. The van der Waals surface area contributed by atoms with Crippen LogP contribution in [0, 0.1) is 0 Å². The molecule has 10 heteroatoms. The Labute approximate surface area is 195 Å². The van der Waals surface area contributed by atoms with Crippen molar-refractivity contribution in [3.05, 3.63) is 71.5 Å². The van der Waals surface area contributed by atoms with Crippen LogP contribution in [0.3, 0.4) is 0 Å². The van der Waals surface area contributed by atoms with Crippen LogP contribution in [0.4, 0.5) is 10.5 Å². The number of aromatic nitrogens is 2. The number of fused-ring (bicyclic) bond motifs is 3. The molecule has 1 aliphatic carbocycles. The number of carbonyl (C=O) groups is 3. The molecule has 3 aromatic rings. The Morgan fingerprint density at radius 1 is 1.09 bits per heavy atom. The van der Waals surface area contributed by atoms with Gasteiger partial charge in [0.05, 0.1) is 12.2 Å². The van der Waals surface area contributed by atoms with Crippen molar-refractivity contribution >= 4 is 23.7 Å². The molecule has 1 heterocycles. The summed E-state index contributed by atoms with van der Waals surface area (Å²) in [5, 5.41) is 27.6. The number of aliphatic hydroxyl groups is 1. The van der Waals surface area contributed by atoms with Crippen LogP contribution in [0.2, 0.25) is 0 Å². The van der Waals surface area contributed by atoms with Gasteiger partial charge in [0.2, 0.25) is 0 Å². The summed E-state index contributed by atoms with van der Waals surface area (Å²) in [5.74, 6) is -2.35. The smallest absolute Gasteiger partial charge is 0.411 e. The minimum atomic E-state index is -2.15. The zero-order valence-electron chi connectivity index (χ0n) is 18.6. The summed E-state index contributed by atoms with van der Waals surface area (Å²) in [7, 11) is 1.56. The molecule has 2 amide bonds. The van der Waals surface area contributed by atoms with Crippen LogP contribution in [0.15, 0.2) is 54.7 Å². The molecule has 0 radical (unpaired) electrons. The number of benzene rings is 2. The van der Waals surface area contributed by atoms with Crippen molar-refractivity contribution in [1.82, 2.24) is 15.1 Å². The zero-order chi connectivity index (χ0) is 24.5. The van der Waals surface area contributed by atoms with Gasteiger partial charge in [-0.25, -0.2) is 9.59 Å². The Morgan fingerprint density at radius 2 is 1.68 bits per heavy atom. The molecule has 1 aromatic heterocycles. The average Bonchev–Trinajstić information content (AvgIpc) is 3.33. The van der Waals surface area contributed by atoms with Crippen molar-refractivity contribution in [2.45, 2.75) is 18.4 Å². The predicted octanol–water partition coefficient (Wildman–Crippen LogP) is 2.35. The summed E-state index contributed by atoms with van der Waals surface area (Å²) in [6, 6.07) is 15.9. The van der Waals surface area contributed by atoms with Gasteiger partial charge in [-0.15, -0.1) is 0 Å². The van der Waals surface area contributed by atoms with E-state index in [-0.39, 0.29) is 23.9 Å². The van der Waals surface area contributed by atoms with Crippen molar-refractivity contribution in [2.75, 3.05) is 18.5 Å². The number of aryl methyl sites for hydroxylation is 1. The number of aliphatic carboxylic acids is 1. The van der Waals surface area contributed by atoms with Crippen molar-refractivity contribution < 1.29 is 29.3 Å². The predicted molar refractivity (Wildman–Crippen MR) is 122 cm³/mol. The molecule has 0 fully saturated rings. The summed E-state index contributed by atoms with van der Waals surface area (Å²) in [6.45, 7) is 0.620. The van der Waals surface area contributed by atoms with Gasteiger partial charge in [-0.1, -0.05) is 48.5 Å². The van der Waals surface area contributed by atoms with Crippen molar-refractivity contribution in [2.24, 2.45) is 7.05 Å². The molecule has 2 aromatic carbocycles. The molecule has 1 unspecified atom stereocenters. The van der Waals surface area contributed by atoms with E-state index in [9.17, 15) is 19.5 Å². The van der Waals surface area contributed by atoms with Crippen LogP contribution in [-0.4, -0.2) is 56.7 Å². The number of amides is 2. The summed E-state index contributed by atoms with van der Waals surface area (Å²) in [4.78, 5) is 36.1. The van der Waals surface area contributed by atoms with E-state index in [2.05, 4.69) is 15.7 Å². The van der Waals surface area contributed by atoms with Gasteiger partial charge >= 0.3 is 12.1 Å². The summed E-state index contributed by atoms with van der Waals surface area (Å²) in [5.41, 5.74) is 2.16. The Kier molecular flexibility index (Phi) is 6.08. The number of nitrogens with one attached hydrogen (secondary N) is 2. The molecule has 0 saturated heterocycles. The third-order valence-corrected chi connectivity index (χ3v) is 5.68. The fourth-order valence-corrected chi connectivity index (χ4v) is 3.90. The number of ether oxygens (including phenoxy) is 1. The van der Waals surface area contributed by atoms with Gasteiger partial charge < -0.3 is 20.3 Å². The van der Waals surface area contributed by atoms with E-state index in [1.165, 1.54) is 10.9 Å². The van der Waals surface area contributed by atoms with E-state index in [0.717, 1.165) is 29.2 Å². The van der Waals surface area contributed by atoms with Crippen molar-refractivity contribution in [3.8, 4) is 11.1 Å². The first kappa shape index (κ1) is 23.0. The highest BCUT2D eigenvalue weighted by Crippen LogP contribution is 2.44. The first-order valence-corrected chi connectivity index (χ1v) is 10.6. The van der Waals surface area contributed by atoms with Crippen molar-refractivity contribution in [3.63, 3.8) is 0 Å². The normalized spacial score (nSPS) is 14.0. The molecule has 34 heavy (non-hydrogen) atoms. The van der Waals surface area contributed by atoms with Crippen LogP contribution < -0.4 is 10.6 Å². The third kappa shape index (κ3) is 4.48. The number of rotatable bonds is 7. The SMILES string of the molecule is Cn1cc(NC(=O)OCC2c3ccccc3-c3ccccc32)c(C(=O)NCC(C)(O)C(=O)O)n1. The monoisotopic (exact) mass is 464 g/mol. The number of carboxylic acid groups (broad SMARTS) is 1. The number of carbonyl (C=O) groups excluding carboxylic acids is 2. The van der Waals surface area contributed by atoms with E-state index in [4.69, 9.17) is 9.84 Å². The second kappa shape index (κ2) is 8.99. The molecule has 4 rings (SSSR count). The maximum atomic E-state index is 12.6.